The molecule has 2 aliphatic rings. The predicted octanol–water partition coefficient (Wildman–Crippen LogP) is 7.13. The monoisotopic (exact) mass is 630 g/mol. The molecular weight excluding hydrogens is 593 g/mol. The maximum absolute atomic E-state index is 13.3. The minimum absolute atomic E-state index is 0.0250. The lowest BCUT2D eigenvalue weighted by molar-refractivity contribution is 0.101. The van der Waals surface area contributed by atoms with Crippen LogP contribution >= 0.6 is 0 Å². The molecule has 6 nitrogen and oxygen atoms in total. The highest BCUT2D eigenvalue weighted by molar-refractivity contribution is 7.87. The molecule has 230 valence electrons. The lowest BCUT2D eigenvalue weighted by atomic mass is 9.75. The van der Waals surface area contributed by atoms with Crippen LogP contribution in [0.5, 0.6) is 0 Å². The van der Waals surface area contributed by atoms with E-state index in [0.717, 1.165) is 24.0 Å². The standard InChI is InChI=1S/C36H38O6S2/c1-25-13-17-29(18-14-25)43(37,38)41-23-33-31-21-22-32(34(33)24-42-44(39,40)30-19-15-26(2)16-20-30)36(31)35(27-9-5-3-6-10-27)28-11-7-4-8-12-28/h3-20,31-36H,21-24H2,1-2H3/t31-,32-,33-,34+,36?/m0/s1. The zero-order chi connectivity index (χ0) is 30.9. The molecule has 0 aliphatic heterocycles. The summed E-state index contributed by atoms with van der Waals surface area (Å²) >= 11 is 0. The van der Waals surface area contributed by atoms with Crippen molar-refractivity contribution in [1.82, 2.24) is 0 Å². The number of benzene rings is 4. The van der Waals surface area contributed by atoms with Crippen LogP contribution in [0.1, 0.15) is 41.0 Å². The Morgan fingerprint density at radius 3 is 1.30 bits per heavy atom. The van der Waals surface area contributed by atoms with Gasteiger partial charge in [-0.1, -0.05) is 96.1 Å². The molecule has 0 radical (unpaired) electrons. The normalized spacial score (nSPS) is 23.3. The summed E-state index contributed by atoms with van der Waals surface area (Å²) in [5, 5.41) is 0. The highest BCUT2D eigenvalue weighted by atomic mass is 32.2. The molecule has 0 amide bonds. The highest BCUT2D eigenvalue weighted by Crippen LogP contribution is 2.61. The van der Waals surface area contributed by atoms with Gasteiger partial charge in [0.25, 0.3) is 20.2 Å². The third-order valence-electron chi connectivity index (χ3n) is 9.62. The van der Waals surface area contributed by atoms with Crippen LogP contribution in [-0.2, 0) is 28.6 Å². The van der Waals surface area contributed by atoms with E-state index < -0.39 is 20.2 Å². The van der Waals surface area contributed by atoms with E-state index in [0.29, 0.717) is 0 Å². The SMILES string of the molecule is Cc1ccc(S(=O)(=O)OC[C@@H]2[C@H](COS(=O)(=O)c3ccc(C)cc3)[C@@H]3CC[C@@H]2C3C(c2ccccc2)c2ccccc2)cc1. The van der Waals surface area contributed by atoms with Gasteiger partial charge in [0.05, 0.1) is 23.0 Å². The first kappa shape index (κ1) is 30.7. The second-order valence-corrected chi connectivity index (χ2v) is 15.4. The Balaban J connectivity index is 1.33. The van der Waals surface area contributed by atoms with Gasteiger partial charge in [-0.3, -0.25) is 8.37 Å². The summed E-state index contributed by atoms with van der Waals surface area (Å²) in [6, 6.07) is 34.0. The third-order valence-corrected chi connectivity index (χ3v) is 12.2. The van der Waals surface area contributed by atoms with Crippen LogP contribution in [-0.4, -0.2) is 30.0 Å². The van der Waals surface area contributed by atoms with Gasteiger partial charge in [0, 0.05) is 5.92 Å². The van der Waals surface area contributed by atoms with Crippen molar-refractivity contribution in [2.24, 2.45) is 29.6 Å². The van der Waals surface area contributed by atoms with Gasteiger partial charge >= 0.3 is 0 Å². The lowest BCUT2D eigenvalue weighted by Gasteiger charge is -2.30. The Hall–Kier alpha value is -3.30. The fourth-order valence-corrected chi connectivity index (χ4v) is 9.43. The Kier molecular flexibility index (Phi) is 8.79. The van der Waals surface area contributed by atoms with E-state index in [1.54, 1.807) is 48.5 Å². The first-order chi connectivity index (χ1) is 21.1. The molecule has 2 saturated carbocycles. The summed E-state index contributed by atoms with van der Waals surface area (Å²) in [4.78, 5) is 0.230. The maximum Gasteiger partial charge on any atom is 0.296 e. The number of fused-ring (bicyclic) bond motifs is 2. The maximum atomic E-state index is 13.3. The molecule has 0 N–H and O–H groups in total. The second kappa shape index (κ2) is 12.6. The summed E-state index contributed by atoms with van der Waals surface area (Å²) in [6.07, 6.45) is 1.84. The van der Waals surface area contributed by atoms with E-state index in [-0.39, 0.29) is 58.5 Å². The van der Waals surface area contributed by atoms with E-state index in [1.807, 2.05) is 50.2 Å². The Morgan fingerprint density at radius 1 is 0.568 bits per heavy atom. The molecule has 44 heavy (non-hydrogen) atoms. The summed E-state index contributed by atoms with van der Waals surface area (Å²) in [5.74, 6) is 0.129. The summed E-state index contributed by atoms with van der Waals surface area (Å²) in [6.45, 7) is 3.75. The van der Waals surface area contributed by atoms with Crippen LogP contribution < -0.4 is 0 Å². The highest BCUT2D eigenvalue weighted by Gasteiger charge is 2.57. The molecule has 1 unspecified atom stereocenters. The summed E-state index contributed by atoms with van der Waals surface area (Å²) < 4.78 is 64.5. The number of rotatable bonds is 11. The molecule has 0 aromatic heterocycles. The minimum Gasteiger partial charge on any atom is -0.266 e. The number of hydrogen-bond acceptors (Lipinski definition) is 6. The first-order valence-electron chi connectivity index (χ1n) is 15.2. The molecule has 2 aliphatic carbocycles. The smallest absolute Gasteiger partial charge is 0.266 e. The average molecular weight is 631 g/mol. The van der Waals surface area contributed by atoms with Crippen LogP contribution in [0.4, 0.5) is 0 Å². The molecule has 2 bridgehead atoms. The van der Waals surface area contributed by atoms with Gasteiger partial charge in [-0.05, 0) is 91.7 Å². The molecule has 2 fully saturated rings. The quantitative estimate of drug-likeness (QED) is 0.164. The Labute approximate surface area is 261 Å². The van der Waals surface area contributed by atoms with Gasteiger partial charge in [-0.15, -0.1) is 0 Å². The van der Waals surface area contributed by atoms with Crippen LogP contribution in [0.3, 0.4) is 0 Å². The van der Waals surface area contributed by atoms with Crippen LogP contribution in [0.15, 0.2) is 119 Å². The van der Waals surface area contributed by atoms with Gasteiger partial charge in [0.15, 0.2) is 0 Å². The summed E-state index contributed by atoms with van der Waals surface area (Å²) in [7, 11) is -7.99. The molecule has 0 heterocycles. The minimum atomic E-state index is -4.00. The van der Waals surface area contributed by atoms with E-state index in [4.69, 9.17) is 8.37 Å². The molecule has 6 rings (SSSR count). The third kappa shape index (κ3) is 6.26. The topological polar surface area (TPSA) is 86.7 Å². The fraction of sp³-hybridized carbons (Fsp3) is 0.333. The largest absolute Gasteiger partial charge is 0.296 e. The molecular formula is C36H38O6S2. The molecule has 0 saturated heterocycles. The van der Waals surface area contributed by atoms with E-state index in [9.17, 15) is 16.8 Å². The van der Waals surface area contributed by atoms with E-state index in [2.05, 4.69) is 24.3 Å². The zero-order valence-corrected chi connectivity index (χ0v) is 26.6. The zero-order valence-electron chi connectivity index (χ0n) is 25.0. The Bertz CT molecular complexity index is 1640. The van der Waals surface area contributed by atoms with Crippen molar-refractivity contribution in [2.75, 3.05) is 13.2 Å². The van der Waals surface area contributed by atoms with E-state index in [1.165, 1.54) is 11.1 Å². The van der Waals surface area contributed by atoms with Gasteiger partial charge in [-0.2, -0.15) is 16.8 Å². The van der Waals surface area contributed by atoms with Crippen molar-refractivity contribution in [1.29, 1.82) is 0 Å². The number of aryl methyl sites for hydroxylation is 2. The molecule has 4 aromatic carbocycles. The van der Waals surface area contributed by atoms with Gasteiger partial charge in [0.1, 0.15) is 0 Å². The van der Waals surface area contributed by atoms with Crippen molar-refractivity contribution < 1.29 is 25.2 Å². The van der Waals surface area contributed by atoms with Crippen LogP contribution in [0, 0.1) is 43.4 Å². The van der Waals surface area contributed by atoms with Crippen molar-refractivity contribution >= 4 is 20.2 Å². The van der Waals surface area contributed by atoms with E-state index >= 15 is 0 Å². The lowest BCUT2D eigenvalue weighted by Crippen LogP contribution is -2.31. The first-order valence-corrected chi connectivity index (χ1v) is 18.0. The van der Waals surface area contributed by atoms with Crippen LogP contribution in [0.2, 0.25) is 0 Å². The van der Waals surface area contributed by atoms with Gasteiger partial charge in [0.2, 0.25) is 0 Å². The molecule has 0 spiro atoms. The average Bonchev–Trinajstić information content (AvgIpc) is 3.56. The van der Waals surface area contributed by atoms with Crippen molar-refractivity contribution in [3.8, 4) is 0 Å². The second-order valence-electron chi connectivity index (χ2n) is 12.2. The van der Waals surface area contributed by atoms with Crippen LogP contribution in [0.25, 0.3) is 0 Å². The molecule has 5 atom stereocenters. The molecule has 4 aromatic rings. The Morgan fingerprint density at radius 2 is 0.932 bits per heavy atom. The van der Waals surface area contributed by atoms with Gasteiger partial charge < -0.3 is 0 Å². The van der Waals surface area contributed by atoms with Crippen molar-refractivity contribution in [3.05, 3.63) is 131 Å². The molecule has 8 heteroatoms. The summed E-state index contributed by atoms with van der Waals surface area (Å²) in [5.41, 5.74) is 4.31. The number of hydrogen-bond donors (Lipinski definition) is 0. The predicted molar refractivity (Wildman–Crippen MR) is 170 cm³/mol. The van der Waals surface area contributed by atoms with Gasteiger partial charge in [-0.25, -0.2) is 0 Å². The van der Waals surface area contributed by atoms with Crippen molar-refractivity contribution in [3.63, 3.8) is 0 Å². The van der Waals surface area contributed by atoms with Crippen molar-refractivity contribution in [2.45, 2.75) is 42.4 Å². The fourth-order valence-electron chi connectivity index (χ4n) is 7.55.